The number of carbonyl (C=O) groups is 1. The van der Waals surface area contributed by atoms with Gasteiger partial charge in [-0.3, -0.25) is 4.79 Å². The van der Waals surface area contributed by atoms with Crippen molar-refractivity contribution in [1.82, 2.24) is 9.88 Å². The quantitative estimate of drug-likeness (QED) is 0.652. The summed E-state index contributed by atoms with van der Waals surface area (Å²) >= 11 is 5.94. The van der Waals surface area contributed by atoms with E-state index in [-0.39, 0.29) is 11.3 Å². The molecule has 0 aromatic carbocycles. The molecule has 0 saturated carbocycles. The van der Waals surface area contributed by atoms with E-state index >= 15 is 0 Å². The zero-order chi connectivity index (χ0) is 13.9. The third-order valence-corrected chi connectivity index (χ3v) is 2.57. The fourth-order valence-corrected chi connectivity index (χ4v) is 1.89. The number of nitrogens with zero attached hydrogens (tertiary/aromatic N) is 2. The Balaban J connectivity index is 2.87. The van der Waals surface area contributed by atoms with Crippen molar-refractivity contribution in [3.8, 4) is 0 Å². The molecule has 0 atom stereocenters. The van der Waals surface area contributed by atoms with E-state index in [1.165, 1.54) is 6.20 Å². The van der Waals surface area contributed by atoms with Crippen LogP contribution in [0.4, 0.5) is 5.82 Å². The van der Waals surface area contributed by atoms with Gasteiger partial charge in [0.05, 0.1) is 10.6 Å². The summed E-state index contributed by atoms with van der Waals surface area (Å²) in [5.74, 6) is 5.47. The van der Waals surface area contributed by atoms with Crippen LogP contribution in [-0.4, -0.2) is 29.4 Å². The first-order valence-electron chi connectivity index (χ1n) is 5.62. The SMILES string of the molecule is CN(CC(C)(C)C)C(=O)c1cnc(NN)c(Cl)c1. The fourth-order valence-electron chi connectivity index (χ4n) is 1.66. The first-order chi connectivity index (χ1) is 8.24. The highest BCUT2D eigenvalue weighted by Gasteiger charge is 2.19. The summed E-state index contributed by atoms with van der Waals surface area (Å²) in [6.07, 6.45) is 1.46. The van der Waals surface area contributed by atoms with Crippen molar-refractivity contribution >= 4 is 23.3 Å². The van der Waals surface area contributed by atoms with Gasteiger partial charge in [0.25, 0.3) is 5.91 Å². The lowest BCUT2D eigenvalue weighted by atomic mass is 9.96. The molecular weight excluding hydrogens is 252 g/mol. The third kappa shape index (κ3) is 3.85. The molecule has 6 heteroatoms. The minimum absolute atomic E-state index is 0.0421. The molecule has 18 heavy (non-hydrogen) atoms. The molecule has 0 bridgehead atoms. The number of pyridine rings is 1. The van der Waals surface area contributed by atoms with E-state index in [0.29, 0.717) is 22.9 Å². The van der Waals surface area contributed by atoms with Crippen molar-refractivity contribution in [3.05, 3.63) is 22.8 Å². The van der Waals surface area contributed by atoms with Crippen LogP contribution in [0.15, 0.2) is 12.3 Å². The first-order valence-corrected chi connectivity index (χ1v) is 6.00. The number of carbonyl (C=O) groups excluding carboxylic acids is 1. The van der Waals surface area contributed by atoms with E-state index in [2.05, 4.69) is 31.2 Å². The predicted octanol–water partition coefficient (Wildman–Crippen LogP) is 2.14. The van der Waals surface area contributed by atoms with Crippen molar-refractivity contribution in [2.75, 3.05) is 19.0 Å². The normalized spacial score (nSPS) is 11.2. The zero-order valence-corrected chi connectivity index (χ0v) is 11.9. The molecule has 5 nitrogen and oxygen atoms in total. The highest BCUT2D eigenvalue weighted by molar-refractivity contribution is 6.33. The van der Waals surface area contributed by atoms with Crippen molar-refractivity contribution in [1.29, 1.82) is 0 Å². The molecule has 0 fully saturated rings. The Kier molecular flexibility index (Phi) is 4.53. The van der Waals surface area contributed by atoms with Crippen LogP contribution in [0.3, 0.4) is 0 Å². The average molecular weight is 271 g/mol. The van der Waals surface area contributed by atoms with Gasteiger partial charge in [-0.25, -0.2) is 10.8 Å². The fraction of sp³-hybridized carbons (Fsp3) is 0.500. The van der Waals surface area contributed by atoms with Gasteiger partial charge in [-0.1, -0.05) is 32.4 Å². The number of hydrazine groups is 1. The van der Waals surface area contributed by atoms with Crippen molar-refractivity contribution in [3.63, 3.8) is 0 Å². The topological polar surface area (TPSA) is 71.2 Å². The van der Waals surface area contributed by atoms with Gasteiger partial charge < -0.3 is 10.3 Å². The highest BCUT2D eigenvalue weighted by Crippen LogP contribution is 2.21. The van der Waals surface area contributed by atoms with E-state index in [0.717, 1.165) is 0 Å². The summed E-state index contributed by atoms with van der Waals surface area (Å²) in [5.41, 5.74) is 2.85. The Morgan fingerprint density at radius 3 is 2.61 bits per heavy atom. The second-order valence-corrected chi connectivity index (χ2v) is 5.83. The second kappa shape index (κ2) is 5.54. The molecule has 1 aromatic heterocycles. The second-order valence-electron chi connectivity index (χ2n) is 5.42. The van der Waals surface area contributed by atoms with Crippen LogP contribution in [0.2, 0.25) is 5.02 Å². The summed E-state index contributed by atoms with van der Waals surface area (Å²) < 4.78 is 0. The number of anilines is 1. The van der Waals surface area contributed by atoms with E-state index in [1.807, 2.05) is 0 Å². The van der Waals surface area contributed by atoms with Gasteiger partial charge in [0.1, 0.15) is 0 Å². The molecule has 0 saturated heterocycles. The molecule has 1 rings (SSSR count). The van der Waals surface area contributed by atoms with Crippen LogP contribution in [0.1, 0.15) is 31.1 Å². The Morgan fingerprint density at radius 2 is 2.17 bits per heavy atom. The average Bonchev–Trinajstić information content (AvgIpc) is 2.25. The Labute approximate surface area is 112 Å². The van der Waals surface area contributed by atoms with E-state index in [9.17, 15) is 4.79 Å². The number of nitrogen functional groups attached to an aromatic ring is 1. The van der Waals surface area contributed by atoms with Gasteiger partial charge in [0.2, 0.25) is 0 Å². The molecule has 0 unspecified atom stereocenters. The van der Waals surface area contributed by atoms with Crippen LogP contribution < -0.4 is 11.3 Å². The largest absolute Gasteiger partial charge is 0.341 e. The maximum Gasteiger partial charge on any atom is 0.255 e. The molecular formula is C12H19ClN4O. The monoisotopic (exact) mass is 270 g/mol. The van der Waals surface area contributed by atoms with Gasteiger partial charge >= 0.3 is 0 Å². The van der Waals surface area contributed by atoms with Crippen LogP contribution in [0, 0.1) is 5.41 Å². The number of aromatic nitrogens is 1. The number of hydrogen-bond acceptors (Lipinski definition) is 4. The number of rotatable bonds is 3. The van der Waals surface area contributed by atoms with E-state index in [4.69, 9.17) is 17.4 Å². The highest BCUT2D eigenvalue weighted by atomic mass is 35.5. The van der Waals surface area contributed by atoms with Crippen molar-refractivity contribution < 1.29 is 4.79 Å². The van der Waals surface area contributed by atoms with E-state index < -0.39 is 0 Å². The van der Waals surface area contributed by atoms with Crippen molar-refractivity contribution in [2.45, 2.75) is 20.8 Å². The van der Waals surface area contributed by atoms with Gasteiger partial charge in [0, 0.05) is 19.8 Å². The molecule has 0 radical (unpaired) electrons. The molecule has 100 valence electrons. The lowest BCUT2D eigenvalue weighted by Crippen LogP contribution is -2.34. The molecule has 0 aliphatic carbocycles. The molecule has 0 spiro atoms. The summed E-state index contributed by atoms with van der Waals surface area (Å²) in [4.78, 5) is 17.8. The molecule has 1 aromatic rings. The zero-order valence-electron chi connectivity index (χ0n) is 11.1. The number of amides is 1. The van der Waals surface area contributed by atoms with Gasteiger partial charge in [-0.15, -0.1) is 0 Å². The first kappa shape index (κ1) is 14.7. The van der Waals surface area contributed by atoms with Crippen LogP contribution in [-0.2, 0) is 0 Å². The van der Waals surface area contributed by atoms with Gasteiger partial charge in [-0.05, 0) is 11.5 Å². The smallest absolute Gasteiger partial charge is 0.255 e. The predicted molar refractivity (Wildman–Crippen MR) is 73.5 cm³/mol. The maximum atomic E-state index is 12.1. The molecule has 0 aliphatic heterocycles. The lowest BCUT2D eigenvalue weighted by molar-refractivity contribution is 0.0745. The van der Waals surface area contributed by atoms with Gasteiger partial charge in [-0.2, -0.15) is 0 Å². The number of nitrogens with two attached hydrogens (primary N) is 1. The standard InChI is InChI=1S/C12H19ClN4O/c1-12(2,3)7-17(4)11(18)8-5-9(13)10(16-14)15-6-8/h5-6H,7,14H2,1-4H3,(H,15,16). The molecule has 1 amide bonds. The van der Waals surface area contributed by atoms with Crippen LogP contribution in [0.5, 0.6) is 0 Å². The lowest BCUT2D eigenvalue weighted by Gasteiger charge is -2.26. The number of hydrogen-bond donors (Lipinski definition) is 2. The summed E-state index contributed by atoms with van der Waals surface area (Å²) in [6.45, 7) is 6.87. The third-order valence-electron chi connectivity index (χ3n) is 2.28. The molecule has 1 heterocycles. The minimum atomic E-state index is -0.108. The summed E-state index contributed by atoms with van der Waals surface area (Å²) in [7, 11) is 1.76. The van der Waals surface area contributed by atoms with Crippen molar-refractivity contribution in [2.24, 2.45) is 11.3 Å². The van der Waals surface area contributed by atoms with Crippen LogP contribution in [0.25, 0.3) is 0 Å². The Morgan fingerprint density at radius 1 is 1.56 bits per heavy atom. The Bertz CT molecular complexity index is 442. The summed E-state index contributed by atoms with van der Waals surface area (Å²) in [6, 6.07) is 1.56. The Hall–Kier alpha value is -1.33. The molecule has 3 N–H and O–H groups in total. The van der Waals surface area contributed by atoms with E-state index in [1.54, 1.807) is 18.0 Å². The maximum absolute atomic E-state index is 12.1. The van der Waals surface area contributed by atoms with Gasteiger partial charge in [0.15, 0.2) is 5.82 Å². The summed E-state index contributed by atoms with van der Waals surface area (Å²) in [5, 5.41) is 0.326. The number of nitrogens with one attached hydrogen (secondary N) is 1. The van der Waals surface area contributed by atoms with Crippen LogP contribution >= 0.6 is 11.6 Å². The minimum Gasteiger partial charge on any atom is -0.341 e. The number of halogens is 1. The molecule has 0 aliphatic rings.